The second-order valence-corrected chi connectivity index (χ2v) is 25.5. The molecular weight excluding hydrogens is 1160 g/mol. The van der Waals surface area contributed by atoms with Gasteiger partial charge in [0.2, 0.25) is 11.5 Å². The first-order valence-electron chi connectivity index (χ1n) is 28.4. The molecule has 3 aliphatic rings. The van der Waals surface area contributed by atoms with Crippen LogP contribution >= 0.6 is 23.1 Å². The van der Waals surface area contributed by atoms with Gasteiger partial charge in [0, 0.05) is 41.3 Å². The lowest BCUT2D eigenvalue weighted by atomic mass is 10.0. The number of fused-ring (bicyclic) bond motifs is 1. The molecule has 5 aromatic rings. The largest absolute Gasteiger partial charge is 0.497 e. The molecule has 22 nitrogen and oxygen atoms in total. The molecule has 0 aliphatic carbocycles. The topological polar surface area (TPSA) is 250 Å². The first kappa shape index (κ1) is 64.6. The van der Waals surface area contributed by atoms with Crippen molar-refractivity contribution >= 4 is 75.4 Å². The van der Waals surface area contributed by atoms with E-state index in [9.17, 15) is 28.8 Å². The van der Waals surface area contributed by atoms with Gasteiger partial charge < -0.3 is 57.8 Å². The standard InChI is InChI=1S/C63H75N7O15S2/c1-61(2,3)83-58(75)63(7,8)85-68-51(47-38-87-59(65-47)67-60(76)84-62(4,5)6)54(72)66-52-55(73)69-53(57(74)82-36-41-18-25-46(79-11)26-19-41)42(37-86-56(52)69)33-70(29-12-13-30-70)31-28-50(71)64-43-20-27-48(80-34-39-14-21-44(77-9)22-15-39)49(32-43)81-35-40-16-23-45(78-10)24-17-40/h14-27,32,38,52,56H,12-13,28-31,33-37H2,1-11H3,(H2-,64,65,66,67,71,72,76)/p+1/b68-51-/t52-,56-/m1/s1. The average molecular weight is 1240 g/mol. The SMILES string of the molecule is COc1ccc(COC(=O)C2=C(C[N+]3(CCC(=O)Nc4ccc(OCc5ccc(OC)cc5)c(OCc5ccc(OC)cc5)c4)CCCC3)CS[C@@H]3[C@H](NC(=O)/C(=N\OC(C)(C)C(=O)OC(C)(C)C)c4csc(NC(=O)OC(C)(C)C)n4)C(=O)N23)cc1. The molecule has 8 rings (SSSR count). The van der Waals surface area contributed by atoms with Gasteiger partial charge in [-0.3, -0.25) is 24.6 Å². The zero-order valence-corrected chi connectivity index (χ0v) is 52.5. The second-order valence-electron chi connectivity index (χ2n) is 23.6. The Morgan fingerprint density at radius 3 is 1.84 bits per heavy atom. The summed E-state index contributed by atoms with van der Waals surface area (Å²) in [5.74, 6) is 0.0541. The van der Waals surface area contributed by atoms with Crippen LogP contribution in [0.2, 0.25) is 0 Å². The number of carbonyl (C=O) groups is 6. The Morgan fingerprint density at radius 2 is 1.28 bits per heavy atom. The van der Waals surface area contributed by atoms with Crippen LogP contribution in [0.5, 0.6) is 28.7 Å². The van der Waals surface area contributed by atoms with Crippen LogP contribution in [0, 0.1) is 0 Å². The molecule has 2 atom stereocenters. The monoisotopic (exact) mass is 1230 g/mol. The third kappa shape index (κ3) is 17.4. The number of hydrogen-bond donors (Lipinski definition) is 3. The van der Waals surface area contributed by atoms with Gasteiger partial charge in [0.15, 0.2) is 22.3 Å². The number of hydrogen-bond acceptors (Lipinski definition) is 19. The van der Waals surface area contributed by atoms with E-state index in [1.54, 1.807) is 105 Å². The highest BCUT2D eigenvalue weighted by Gasteiger charge is 2.56. The van der Waals surface area contributed by atoms with E-state index < -0.39 is 63.8 Å². The number of oxime groups is 1. The third-order valence-electron chi connectivity index (χ3n) is 14.1. The molecule has 87 heavy (non-hydrogen) atoms. The van der Waals surface area contributed by atoms with Gasteiger partial charge in [-0.05, 0) is 121 Å². The number of carbonyl (C=O) groups excluding carboxylic acids is 6. The van der Waals surface area contributed by atoms with Crippen LogP contribution in [0.25, 0.3) is 0 Å². The van der Waals surface area contributed by atoms with Gasteiger partial charge in [0.25, 0.3) is 11.8 Å². The van der Waals surface area contributed by atoms with Crippen molar-refractivity contribution in [2.24, 2.45) is 5.16 Å². The minimum Gasteiger partial charge on any atom is -0.497 e. The predicted octanol–water partition coefficient (Wildman–Crippen LogP) is 9.55. The molecule has 4 heterocycles. The summed E-state index contributed by atoms with van der Waals surface area (Å²) in [5, 5.41) is 13.3. The number of quaternary nitrogens is 1. The van der Waals surface area contributed by atoms with Crippen LogP contribution < -0.4 is 39.6 Å². The molecule has 4 amide bonds. The number of methoxy groups -OCH3 is 3. The van der Waals surface area contributed by atoms with Gasteiger partial charge in [-0.1, -0.05) is 41.6 Å². The fourth-order valence-corrected chi connectivity index (χ4v) is 11.6. The highest BCUT2D eigenvalue weighted by molar-refractivity contribution is 8.00. The molecule has 2 saturated heterocycles. The summed E-state index contributed by atoms with van der Waals surface area (Å²) in [7, 11) is 4.77. The summed E-state index contributed by atoms with van der Waals surface area (Å²) in [6, 6.07) is 26.2. The normalized spacial score (nSPS) is 16.6. The van der Waals surface area contributed by atoms with Gasteiger partial charge in [-0.25, -0.2) is 19.4 Å². The fraction of sp³-hybridized carbons (Fsp3) is 0.429. The molecule has 0 unspecified atom stereocenters. The number of amides is 4. The van der Waals surface area contributed by atoms with Crippen molar-refractivity contribution < 1.29 is 76.0 Å². The first-order chi connectivity index (χ1) is 41.3. The molecule has 3 aliphatic heterocycles. The van der Waals surface area contributed by atoms with Gasteiger partial charge in [0.1, 0.15) is 77.6 Å². The molecule has 0 spiro atoms. The van der Waals surface area contributed by atoms with Crippen molar-refractivity contribution in [2.75, 3.05) is 63.9 Å². The Hall–Kier alpha value is -8.35. The Balaban J connectivity index is 1.01. The summed E-state index contributed by atoms with van der Waals surface area (Å²) in [6.07, 6.45) is 1.11. The minimum atomic E-state index is -1.70. The van der Waals surface area contributed by atoms with Crippen LogP contribution in [0.3, 0.4) is 0 Å². The number of aromatic nitrogens is 1. The molecule has 0 radical (unpaired) electrons. The molecular formula is C63H76N7O15S2+. The molecule has 0 bridgehead atoms. The summed E-state index contributed by atoms with van der Waals surface area (Å²) >= 11 is 2.34. The van der Waals surface area contributed by atoms with E-state index in [1.807, 2.05) is 48.5 Å². The highest BCUT2D eigenvalue weighted by Crippen LogP contribution is 2.42. The quantitative estimate of drug-likeness (QED) is 0.0123. The molecule has 4 aromatic carbocycles. The molecule has 464 valence electrons. The molecule has 0 saturated carbocycles. The van der Waals surface area contributed by atoms with Crippen molar-refractivity contribution in [3.63, 3.8) is 0 Å². The van der Waals surface area contributed by atoms with Gasteiger partial charge in [0.05, 0.1) is 47.4 Å². The maximum Gasteiger partial charge on any atom is 0.413 e. The number of thioether (sulfide) groups is 1. The lowest BCUT2D eigenvalue weighted by Gasteiger charge is -2.50. The third-order valence-corrected chi connectivity index (χ3v) is 16.2. The van der Waals surface area contributed by atoms with Crippen LogP contribution in [0.4, 0.5) is 15.6 Å². The van der Waals surface area contributed by atoms with E-state index >= 15 is 0 Å². The minimum absolute atomic E-state index is 0.0505. The Morgan fingerprint density at radius 1 is 0.713 bits per heavy atom. The van der Waals surface area contributed by atoms with Crippen molar-refractivity contribution in [2.45, 2.75) is 123 Å². The highest BCUT2D eigenvalue weighted by atomic mass is 32.2. The van der Waals surface area contributed by atoms with Crippen LogP contribution in [0.15, 0.2) is 113 Å². The van der Waals surface area contributed by atoms with E-state index in [4.69, 9.17) is 42.7 Å². The summed E-state index contributed by atoms with van der Waals surface area (Å²) in [5.41, 5.74) is -0.112. The first-order valence-corrected chi connectivity index (χ1v) is 30.3. The number of nitrogens with zero attached hydrogens (tertiary/aromatic N) is 4. The van der Waals surface area contributed by atoms with Crippen molar-refractivity contribution in [3.05, 3.63) is 130 Å². The number of likely N-dealkylation sites (tertiary alicyclic amines) is 1. The summed E-state index contributed by atoms with van der Waals surface area (Å²) in [4.78, 5) is 95.2. The zero-order valence-electron chi connectivity index (χ0n) is 50.9. The van der Waals surface area contributed by atoms with E-state index in [-0.39, 0.29) is 54.4 Å². The van der Waals surface area contributed by atoms with Crippen molar-refractivity contribution in [1.82, 2.24) is 15.2 Å². The number of esters is 2. The number of ether oxygens (including phenoxy) is 8. The van der Waals surface area contributed by atoms with Crippen LogP contribution in [0.1, 0.15) is 97.0 Å². The fourth-order valence-electron chi connectivity index (χ4n) is 9.59. The summed E-state index contributed by atoms with van der Waals surface area (Å²) in [6.45, 7) is 15.6. The number of anilines is 2. The molecule has 2 fully saturated rings. The van der Waals surface area contributed by atoms with E-state index in [0.29, 0.717) is 51.6 Å². The van der Waals surface area contributed by atoms with Gasteiger partial charge in [-0.15, -0.1) is 23.1 Å². The average Bonchev–Trinajstić information content (AvgIpc) is 0.852. The lowest BCUT2D eigenvalue weighted by molar-refractivity contribution is -0.911. The van der Waals surface area contributed by atoms with Crippen molar-refractivity contribution in [1.29, 1.82) is 0 Å². The van der Waals surface area contributed by atoms with Crippen LogP contribution in [-0.4, -0.2) is 137 Å². The number of β-lactam (4-membered cyclic amide) rings is 1. The Bertz CT molecular complexity index is 3350. The predicted molar refractivity (Wildman–Crippen MR) is 328 cm³/mol. The Kier molecular flexibility index (Phi) is 20.8. The zero-order chi connectivity index (χ0) is 62.7. The van der Waals surface area contributed by atoms with Crippen LogP contribution in [-0.2, 0) is 62.8 Å². The van der Waals surface area contributed by atoms with E-state index in [1.165, 1.54) is 35.9 Å². The maximum absolute atomic E-state index is 14.6. The summed E-state index contributed by atoms with van der Waals surface area (Å²) < 4.78 is 45.9. The second kappa shape index (κ2) is 28.0. The number of nitrogens with one attached hydrogen (secondary N) is 3. The molecule has 24 heteroatoms. The van der Waals surface area contributed by atoms with E-state index in [2.05, 4.69) is 26.1 Å². The lowest BCUT2D eigenvalue weighted by Crippen LogP contribution is -2.71. The number of rotatable bonds is 25. The maximum atomic E-state index is 14.6. The number of benzene rings is 4. The van der Waals surface area contributed by atoms with Crippen molar-refractivity contribution in [3.8, 4) is 28.7 Å². The number of thiazole rings is 1. The van der Waals surface area contributed by atoms with E-state index in [0.717, 1.165) is 59.9 Å². The molecule has 1 aromatic heterocycles. The Labute approximate surface area is 514 Å². The van der Waals surface area contributed by atoms with Gasteiger partial charge >= 0.3 is 18.0 Å². The smallest absolute Gasteiger partial charge is 0.413 e. The molecule has 3 N–H and O–H groups in total. The van der Waals surface area contributed by atoms with Gasteiger partial charge in [-0.2, -0.15) is 0 Å².